The molecule has 6 unspecified atom stereocenters. The highest BCUT2D eigenvalue weighted by atomic mass is 16.3. The van der Waals surface area contributed by atoms with Crippen molar-refractivity contribution in [1.82, 2.24) is 9.80 Å². The Labute approximate surface area is 273 Å². The minimum absolute atomic E-state index is 0.142. The maximum atomic E-state index is 14.2. The minimum atomic E-state index is -0.650. The molecule has 4 amide bonds. The molecule has 2 heterocycles. The van der Waals surface area contributed by atoms with Crippen molar-refractivity contribution in [3.63, 3.8) is 0 Å². The summed E-state index contributed by atoms with van der Waals surface area (Å²) in [6.45, 7) is 4.05. The van der Waals surface area contributed by atoms with Gasteiger partial charge in [-0.1, -0.05) is 48.0 Å². The van der Waals surface area contributed by atoms with E-state index in [2.05, 4.69) is 0 Å². The third-order valence-corrected chi connectivity index (χ3v) is 10.8. The van der Waals surface area contributed by atoms with Crippen molar-refractivity contribution in [2.45, 2.75) is 45.4 Å². The van der Waals surface area contributed by atoms with Crippen LogP contribution in [0.15, 0.2) is 72.3 Å². The molecule has 1 saturated carbocycles. The third kappa shape index (κ3) is 5.18. The molecule has 0 aromatic heterocycles. The molecule has 2 saturated heterocycles. The van der Waals surface area contributed by atoms with Gasteiger partial charge in [0.15, 0.2) is 0 Å². The average Bonchev–Trinajstić information content (AvgIpc) is 3.45. The van der Waals surface area contributed by atoms with Crippen LogP contribution in [-0.4, -0.2) is 61.8 Å². The largest absolute Gasteiger partial charge is 0.508 e. The molecule has 0 bridgehead atoms. The number of benzene rings is 3. The van der Waals surface area contributed by atoms with Crippen molar-refractivity contribution in [3.8, 4) is 17.2 Å². The van der Waals surface area contributed by atoms with Gasteiger partial charge in [-0.3, -0.25) is 29.0 Å². The zero-order chi connectivity index (χ0) is 33.1. The number of aryl methyl sites for hydroxylation is 2. The first-order valence-corrected chi connectivity index (χ1v) is 16.3. The van der Waals surface area contributed by atoms with Gasteiger partial charge in [0.2, 0.25) is 23.6 Å². The van der Waals surface area contributed by atoms with Gasteiger partial charge in [0.1, 0.15) is 17.2 Å². The quantitative estimate of drug-likeness (QED) is 0.257. The molecule has 3 aromatic carbocycles. The maximum Gasteiger partial charge on any atom is 0.234 e. The van der Waals surface area contributed by atoms with Crippen LogP contribution in [0.2, 0.25) is 0 Å². The Balaban J connectivity index is 1.22. The van der Waals surface area contributed by atoms with Gasteiger partial charge in [0.25, 0.3) is 0 Å². The summed E-state index contributed by atoms with van der Waals surface area (Å²) in [5.74, 6) is -3.72. The Morgan fingerprint density at radius 1 is 0.638 bits per heavy atom. The highest BCUT2D eigenvalue weighted by Crippen LogP contribution is 2.58. The van der Waals surface area contributed by atoms with Crippen LogP contribution in [0.5, 0.6) is 17.2 Å². The number of hydrogen-bond donors (Lipinski definition) is 3. The minimum Gasteiger partial charge on any atom is -0.508 e. The van der Waals surface area contributed by atoms with E-state index in [1.807, 2.05) is 32.1 Å². The molecule has 47 heavy (non-hydrogen) atoms. The number of allylic oxidation sites excluding steroid dienone is 2. The SMILES string of the molecule is Cc1cc(C2C3=CCC4C(=O)N(CCc5ccc(O)cc5)C(=O)C4C3CC3C(=O)N(CCc4ccc(O)cc4)C(=O)C32)cc(C)c1O. The van der Waals surface area contributed by atoms with E-state index in [1.54, 1.807) is 48.5 Å². The second kappa shape index (κ2) is 11.7. The van der Waals surface area contributed by atoms with Crippen molar-refractivity contribution in [3.05, 3.63) is 100 Å². The molecule has 0 radical (unpaired) electrons. The number of fused-ring (bicyclic) bond motifs is 4. The van der Waals surface area contributed by atoms with E-state index in [4.69, 9.17) is 0 Å². The lowest BCUT2D eigenvalue weighted by atomic mass is 9.57. The third-order valence-electron chi connectivity index (χ3n) is 10.8. The van der Waals surface area contributed by atoms with Crippen molar-refractivity contribution >= 4 is 23.6 Å². The number of phenols is 3. The van der Waals surface area contributed by atoms with Crippen LogP contribution in [0.4, 0.5) is 0 Å². The van der Waals surface area contributed by atoms with Crippen LogP contribution in [0.3, 0.4) is 0 Å². The summed E-state index contributed by atoms with van der Waals surface area (Å²) >= 11 is 0. The molecule has 3 fully saturated rings. The van der Waals surface area contributed by atoms with Gasteiger partial charge in [0, 0.05) is 19.0 Å². The lowest BCUT2D eigenvalue weighted by molar-refractivity contribution is -0.142. The fraction of sp³-hybridized carbons (Fsp3) is 0.368. The molecule has 6 atom stereocenters. The smallest absolute Gasteiger partial charge is 0.234 e. The Morgan fingerprint density at radius 3 is 1.66 bits per heavy atom. The van der Waals surface area contributed by atoms with E-state index >= 15 is 0 Å². The van der Waals surface area contributed by atoms with Crippen LogP contribution < -0.4 is 0 Å². The van der Waals surface area contributed by atoms with Crippen LogP contribution in [0, 0.1) is 43.4 Å². The molecule has 9 nitrogen and oxygen atoms in total. The Morgan fingerprint density at radius 2 is 1.13 bits per heavy atom. The lowest BCUT2D eigenvalue weighted by Crippen LogP contribution is -2.43. The summed E-state index contributed by atoms with van der Waals surface area (Å²) in [4.78, 5) is 58.8. The van der Waals surface area contributed by atoms with Crippen LogP contribution in [0.1, 0.15) is 46.6 Å². The number of imide groups is 2. The van der Waals surface area contributed by atoms with Crippen LogP contribution >= 0.6 is 0 Å². The van der Waals surface area contributed by atoms with Crippen molar-refractivity contribution < 1.29 is 34.5 Å². The van der Waals surface area contributed by atoms with Gasteiger partial charge >= 0.3 is 0 Å². The number of rotatable bonds is 7. The van der Waals surface area contributed by atoms with Crippen molar-refractivity contribution in [2.24, 2.45) is 29.6 Å². The van der Waals surface area contributed by atoms with Gasteiger partial charge in [-0.15, -0.1) is 0 Å². The van der Waals surface area contributed by atoms with Crippen LogP contribution in [-0.2, 0) is 32.0 Å². The number of hydrogen-bond acceptors (Lipinski definition) is 7. The summed E-state index contributed by atoms with van der Waals surface area (Å²) in [5.41, 5.74) is 4.88. The molecule has 3 aromatic rings. The van der Waals surface area contributed by atoms with E-state index in [1.165, 1.54) is 9.80 Å². The van der Waals surface area contributed by atoms with Crippen molar-refractivity contribution in [2.75, 3.05) is 13.1 Å². The number of likely N-dealkylation sites (tertiary alicyclic amines) is 2. The topological polar surface area (TPSA) is 135 Å². The monoisotopic (exact) mass is 634 g/mol. The first-order valence-electron chi connectivity index (χ1n) is 16.3. The van der Waals surface area contributed by atoms with Crippen molar-refractivity contribution in [1.29, 1.82) is 0 Å². The fourth-order valence-electron chi connectivity index (χ4n) is 8.51. The molecule has 0 spiro atoms. The van der Waals surface area contributed by atoms with Gasteiger partial charge in [-0.05, 0) is 97.5 Å². The summed E-state index contributed by atoms with van der Waals surface area (Å²) in [6, 6.07) is 17.2. The lowest BCUT2D eigenvalue weighted by Gasteiger charge is -2.44. The number of aromatic hydroxyl groups is 3. The summed E-state index contributed by atoms with van der Waals surface area (Å²) in [7, 11) is 0. The number of amides is 4. The Kier molecular flexibility index (Phi) is 7.65. The number of carbonyl (C=O) groups excluding carboxylic acids is 4. The molecular formula is C38H38N2O7. The first-order chi connectivity index (χ1) is 22.5. The first kappa shape index (κ1) is 30.7. The molecule has 242 valence electrons. The number of phenolic OH excluding ortho intramolecular Hbond substituents is 3. The van der Waals surface area contributed by atoms with E-state index in [0.29, 0.717) is 36.8 Å². The predicted molar refractivity (Wildman–Crippen MR) is 172 cm³/mol. The molecule has 3 N–H and O–H groups in total. The van der Waals surface area contributed by atoms with Gasteiger partial charge < -0.3 is 15.3 Å². The molecule has 7 rings (SSSR count). The highest BCUT2D eigenvalue weighted by Gasteiger charge is 2.61. The van der Waals surface area contributed by atoms with Gasteiger partial charge in [-0.2, -0.15) is 0 Å². The normalized spacial score (nSPS) is 26.7. The molecule has 2 aliphatic carbocycles. The van der Waals surface area contributed by atoms with E-state index in [0.717, 1.165) is 22.3 Å². The molecule has 9 heteroatoms. The van der Waals surface area contributed by atoms with Gasteiger partial charge in [-0.25, -0.2) is 0 Å². The Hall–Kier alpha value is -4.92. The zero-order valence-corrected chi connectivity index (χ0v) is 26.4. The zero-order valence-electron chi connectivity index (χ0n) is 26.4. The molecule has 2 aliphatic heterocycles. The number of nitrogens with zero attached hydrogens (tertiary/aromatic N) is 2. The maximum absolute atomic E-state index is 14.2. The summed E-state index contributed by atoms with van der Waals surface area (Å²) < 4.78 is 0. The van der Waals surface area contributed by atoms with E-state index in [9.17, 15) is 34.5 Å². The molecular weight excluding hydrogens is 596 g/mol. The van der Waals surface area contributed by atoms with Crippen LogP contribution in [0.25, 0.3) is 0 Å². The second-order valence-corrected chi connectivity index (χ2v) is 13.5. The predicted octanol–water partition coefficient (Wildman–Crippen LogP) is 4.54. The number of carbonyl (C=O) groups is 4. The summed E-state index contributed by atoms with van der Waals surface area (Å²) in [6.07, 6.45) is 3.64. The highest BCUT2D eigenvalue weighted by molar-refractivity contribution is 6.08. The second-order valence-electron chi connectivity index (χ2n) is 13.5. The van der Waals surface area contributed by atoms with E-state index < -0.39 is 29.6 Å². The standard InChI is InChI=1S/C38H38N2O7/c1-20-17-24(18-21(2)34(20)43)31-27-11-12-28-32(37(46)39(35(28)44)15-13-22-3-7-25(41)8-4-22)29(27)19-30-33(31)38(47)40(36(30)45)16-14-23-5-9-26(42)10-6-23/h3-11,17-18,28-33,41-43H,12-16,19H2,1-2H3. The van der Waals surface area contributed by atoms with E-state index in [-0.39, 0.29) is 59.9 Å². The Bertz CT molecular complexity index is 1790. The molecule has 4 aliphatic rings. The fourth-order valence-corrected chi connectivity index (χ4v) is 8.51. The average molecular weight is 635 g/mol. The van der Waals surface area contributed by atoms with Gasteiger partial charge in [0.05, 0.1) is 23.7 Å². The summed E-state index contributed by atoms with van der Waals surface area (Å²) in [5, 5.41) is 29.9.